The van der Waals surface area contributed by atoms with Crippen molar-refractivity contribution in [3.8, 4) is 0 Å². The Morgan fingerprint density at radius 1 is 0.963 bits per heavy atom. The summed E-state index contributed by atoms with van der Waals surface area (Å²) in [7, 11) is -2.02. The first-order valence-electron chi connectivity index (χ1n) is 8.73. The predicted octanol–water partition coefficient (Wildman–Crippen LogP) is 3.01. The lowest BCUT2D eigenvalue weighted by atomic mass is 10.1. The molecule has 1 N–H and O–H groups in total. The highest BCUT2D eigenvalue weighted by Gasteiger charge is 2.26. The van der Waals surface area contributed by atoms with Crippen LogP contribution in [0.5, 0.6) is 0 Å². The molecule has 0 aliphatic heterocycles. The normalized spacial score (nSPS) is 11.8. The van der Waals surface area contributed by atoms with Crippen LogP contribution in [0.15, 0.2) is 29.2 Å². The van der Waals surface area contributed by atoms with Gasteiger partial charge in [-0.25, -0.2) is 8.42 Å². The van der Waals surface area contributed by atoms with E-state index in [1.807, 2.05) is 30.7 Å². The molecule has 0 saturated heterocycles. The molecule has 8 heteroatoms. The zero-order chi connectivity index (χ0) is 19.9. The Morgan fingerprint density at radius 2 is 1.63 bits per heavy atom. The SMILES string of the molecule is Cc1ccccc1Cn1nc(C)c(NS(=O)(=O)c2c(C)nn(C)c2C)c1C. The van der Waals surface area contributed by atoms with Crippen LogP contribution in [0.3, 0.4) is 0 Å². The molecule has 0 spiro atoms. The maximum absolute atomic E-state index is 13.0. The summed E-state index contributed by atoms with van der Waals surface area (Å²) in [5, 5.41) is 8.75. The van der Waals surface area contributed by atoms with Gasteiger partial charge in [0, 0.05) is 7.05 Å². The molecule has 3 aromatic rings. The molecule has 7 nitrogen and oxygen atoms in total. The Hall–Kier alpha value is -2.61. The Kier molecular flexibility index (Phi) is 4.86. The third-order valence-electron chi connectivity index (χ3n) is 4.91. The van der Waals surface area contributed by atoms with Gasteiger partial charge in [-0.2, -0.15) is 10.2 Å². The van der Waals surface area contributed by atoms with Gasteiger partial charge in [-0.1, -0.05) is 24.3 Å². The van der Waals surface area contributed by atoms with Crippen LogP contribution in [-0.4, -0.2) is 28.0 Å². The summed E-state index contributed by atoms with van der Waals surface area (Å²) in [5.41, 5.74) is 5.34. The number of nitrogens with one attached hydrogen (secondary N) is 1. The number of nitrogens with zero attached hydrogens (tertiary/aromatic N) is 4. The molecule has 0 aliphatic rings. The van der Waals surface area contributed by atoms with Gasteiger partial charge in [0.2, 0.25) is 0 Å². The van der Waals surface area contributed by atoms with Crippen LogP contribution in [0.2, 0.25) is 0 Å². The first kappa shape index (κ1) is 19.2. The minimum atomic E-state index is -3.75. The fraction of sp³-hybridized carbons (Fsp3) is 0.368. The van der Waals surface area contributed by atoms with E-state index in [1.165, 1.54) is 5.56 Å². The molecular formula is C19H25N5O2S. The summed E-state index contributed by atoms with van der Waals surface area (Å²) < 4.78 is 32.1. The lowest BCUT2D eigenvalue weighted by Gasteiger charge is -2.10. The van der Waals surface area contributed by atoms with Crippen molar-refractivity contribution in [2.75, 3.05) is 4.72 Å². The molecule has 0 radical (unpaired) electrons. The molecule has 0 aliphatic carbocycles. The van der Waals surface area contributed by atoms with Crippen LogP contribution in [0, 0.1) is 34.6 Å². The van der Waals surface area contributed by atoms with Crippen molar-refractivity contribution in [3.05, 3.63) is 58.2 Å². The van der Waals surface area contributed by atoms with E-state index in [2.05, 4.69) is 34.0 Å². The van der Waals surface area contributed by atoms with E-state index in [-0.39, 0.29) is 4.90 Å². The Morgan fingerprint density at radius 3 is 2.22 bits per heavy atom. The number of anilines is 1. The largest absolute Gasteiger partial charge is 0.276 e. The molecule has 2 aromatic heterocycles. The zero-order valence-electron chi connectivity index (χ0n) is 16.5. The van der Waals surface area contributed by atoms with Crippen LogP contribution in [-0.2, 0) is 23.6 Å². The molecule has 0 fully saturated rings. The van der Waals surface area contributed by atoms with Crippen molar-refractivity contribution in [2.45, 2.75) is 46.1 Å². The van der Waals surface area contributed by atoms with Gasteiger partial charge >= 0.3 is 0 Å². The maximum Gasteiger partial charge on any atom is 0.265 e. The molecular weight excluding hydrogens is 362 g/mol. The molecule has 0 saturated carbocycles. The predicted molar refractivity (Wildman–Crippen MR) is 105 cm³/mol. The first-order chi connectivity index (χ1) is 12.6. The van der Waals surface area contributed by atoms with E-state index in [0.29, 0.717) is 29.3 Å². The van der Waals surface area contributed by atoms with Crippen molar-refractivity contribution in [1.29, 1.82) is 0 Å². The summed E-state index contributed by atoms with van der Waals surface area (Å²) in [6.45, 7) is 9.77. The molecule has 1 aromatic carbocycles. The van der Waals surface area contributed by atoms with E-state index in [9.17, 15) is 8.42 Å². The number of benzene rings is 1. The zero-order valence-corrected chi connectivity index (χ0v) is 17.3. The molecule has 0 amide bonds. The van der Waals surface area contributed by atoms with Gasteiger partial charge in [0.05, 0.1) is 35.0 Å². The van der Waals surface area contributed by atoms with Crippen LogP contribution in [0.1, 0.15) is 33.9 Å². The topological polar surface area (TPSA) is 81.8 Å². The molecule has 27 heavy (non-hydrogen) atoms. The van der Waals surface area contributed by atoms with Crippen molar-refractivity contribution in [2.24, 2.45) is 7.05 Å². The van der Waals surface area contributed by atoms with Gasteiger partial charge in [0.15, 0.2) is 0 Å². The molecule has 0 atom stereocenters. The van der Waals surface area contributed by atoms with E-state index < -0.39 is 10.0 Å². The standard InChI is InChI=1S/C19H25N5O2S/c1-12-9-7-8-10-17(12)11-24-15(4)18(13(2)21-24)22-27(25,26)19-14(3)20-23(6)16(19)5/h7-10,22H,11H2,1-6H3. The minimum Gasteiger partial charge on any atom is -0.276 e. The van der Waals surface area contributed by atoms with Crippen molar-refractivity contribution >= 4 is 15.7 Å². The van der Waals surface area contributed by atoms with Crippen LogP contribution in [0.4, 0.5) is 5.69 Å². The molecule has 3 rings (SSSR count). The second-order valence-corrected chi connectivity index (χ2v) is 8.48. The summed E-state index contributed by atoms with van der Waals surface area (Å²) in [6, 6.07) is 8.10. The van der Waals surface area contributed by atoms with Crippen LogP contribution in [0.25, 0.3) is 0 Å². The van der Waals surface area contributed by atoms with Crippen molar-refractivity contribution in [1.82, 2.24) is 19.6 Å². The summed E-state index contributed by atoms with van der Waals surface area (Å²) >= 11 is 0. The summed E-state index contributed by atoms with van der Waals surface area (Å²) in [4.78, 5) is 0.218. The summed E-state index contributed by atoms with van der Waals surface area (Å²) in [6.07, 6.45) is 0. The van der Waals surface area contributed by atoms with Gasteiger partial charge in [-0.3, -0.25) is 14.1 Å². The summed E-state index contributed by atoms with van der Waals surface area (Å²) in [5.74, 6) is 0. The van der Waals surface area contributed by atoms with E-state index in [4.69, 9.17) is 0 Å². The van der Waals surface area contributed by atoms with Gasteiger partial charge in [0.25, 0.3) is 10.0 Å². The van der Waals surface area contributed by atoms with E-state index in [0.717, 1.165) is 11.3 Å². The molecule has 2 heterocycles. The third kappa shape index (κ3) is 3.49. The van der Waals surface area contributed by atoms with Crippen LogP contribution >= 0.6 is 0 Å². The minimum absolute atomic E-state index is 0.218. The second-order valence-electron chi connectivity index (χ2n) is 6.86. The average Bonchev–Trinajstić information content (AvgIpc) is 2.99. The Balaban J connectivity index is 1.97. The van der Waals surface area contributed by atoms with Crippen molar-refractivity contribution < 1.29 is 8.42 Å². The van der Waals surface area contributed by atoms with E-state index in [1.54, 1.807) is 25.6 Å². The lowest BCUT2D eigenvalue weighted by molar-refractivity contribution is 0.599. The van der Waals surface area contributed by atoms with Gasteiger partial charge in [0.1, 0.15) is 4.90 Å². The number of rotatable bonds is 5. The molecule has 0 bridgehead atoms. The maximum atomic E-state index is 13.0. The van der Waals surface area contributed by atoms with Crippen LogP contribution < -0.4 is 4.72 Å². The van der Waals surface area contributed by atoms with Gasteiger partial charge < -0.3 is 0 Å². The highest BCUT2D eigenvalue weighted by Crippen LogP contribution is 2.27. The highest BCUT2D eigenvalue weighted by molar-refractivity contribution is 7.92. The van der Waals surface area contributed by atoms with Gasteiger partial charge in [-0.15, -0.1) is 0 Å². The molecule has 0 unspecified atom stereocenters. The fourth-order valence-corrected chi connectivity index (χ4v) is 4.89. The van der Waals surface area contributed by atoms with E-state index >= 15 is 0 Å². The monoisotopic (exact) mass is 387 g/mol. The number of aryl methyl sites for hydroxylation is 4. The smallest absolute Gasteiger partial charge is 0.265 e. The number of hydrogen-bond acceptors (Lipinski definition) is 4. The Labute approximate surface area is 160 Å². The highest BCUT2D eigenvalue weighted by atomic mass is 32.2. The number of aromatic nitrogens is 4. The third-order valence-corrected chi connectivity index (χ3v) is 6.51. The lowest BCUT2D eigenvalue weighted by Crippen LogP contribution is -2.16. The Bertz CT molecular complexity index is 1110. The van der Waals surface area contributed by atoms with Gasteiger partial charge in [-0.05, 0) is 45.7 Å². The second kappa shape index (κ2) is 6.84. The quantitative estimate of drug-likeness (QED) is 0.730. The number of hydrogen-bond donors (Lipinski definition) is 1. The van der Waals surface area contributed by atoms with Crippen molar-refractivity contribution in [3.63, 3.8) is 0 Å². The average molecular weight is 388 g/mol. The molecule has 144 valence electrons. The number of sulfonamides is 1. The fourth-order valence-electron chi connectivity index (χ4n) is 3.28. The first-order valence-corrected chi connectivity index (χ1v) is 10.2.